The second-order valence-corrected chi connectivity index (χ2v) is 5.26. The molecule has 0 saturated heterocycles. The Morgan fingerprint density at radius 1 is 1.29 bits per heavy atom. The Bertz CT molecular complexity index is 364. The minimum Gasteiger partial charge on any atom is -0.392 e. The molecule has 0 heterocycles. The second-order valence-electron chi connectivity index (χ2n) is 5.26. The van der Waals surface area contributed by atoms with Crippen molar-refractivity contribution in [1.29, 1.82) is 0 Å². The molecule has 2 N–H and O–H groups in total. The van der Waals surface area contributed by atoms with Crippen LogP contribution in [0.3, 0.4) is 0 Å². The molecular formula is C15H23NO. The molecule has 0 aromatic heterocycles. The number of hydrogen-bond acceptors (Lipinski definition) is 2. The van der Waals surface area contributed by atoms with Gasteiger partial charge in [-0.3, -0.25) is 0 Å². The van der Waals surface area contributed by atoms with Crippen LogP contribution >= 0.6 is 0 Å². The van der Waals surface area contributed by atoms with Gasteiger partial charge in [0.2, 0.25) is 0 Å². The minimum absolute atomic E-state index is 0.170. The molecule has 0 unspecified atom stereocenters. The monoisotopic (exact) mass is 233 g/mol. The van der Waals surface area contributed by atoms with Gasteiger partial charge < -0.3 is 10.4 Å². The van der Waals surface area contributed by atoms with E-state index >= 15 is 0 Å². The zero-order valence-electron chi connectivity index (χ0n) is 10.8. The molecule has 1 saturated carbocycles. The first kappa shape index (κ1) is 12.6. The summed E-state index contributed by atoms with van der Waals surface area (Å²) in [6.07, 6.45) is 4.26. The number of hydrogen-bond donors (Lipinski definition) is 2. The van der Waals surface area contributed by atoms with E-state index in [0.29, 0.717) is 6.04 Å². The van der Waals surface area contributed by atoms with Crippen molar-refractivity contribution in [3.05, 3.63) is 35.4 Å². The van der Waals surface area contributed by atoms with Crippen molar-refractivity contribution in [1.82, 2.24) is 5.32 Å². The molecule has 3 atom stereocenters. The zero-order chi connectivity index (χ0) is 12.3. The van der Waals surface area contributed by atoms with Gasteiger partial charge in [0.25, 0.3) is 0 Å². The summed E-state index contributed by atoms with van der Waals surface area (Å²) in [7, 11) is 0. The molecule has 0 bridgehead atoms. The van der Waals surface area contributed by atoms with Gasteiger partial charge in [0.15, 0.2) is 0 Å². The van der Waals surface area contributed by atoms with Gasteiger partial charge >= 0.3 is 0 Å². The Morgan fingerprint density at radius 2 is 2.06 bits per heavy atom. The highest BCUT2D eigenvalue weighted by molar-refractivity contribution is 5.24. The molecule has 0 radical (unpaired) electrons. The fourth-order valence-corrected chi connectivity index (χ4v) is 2.66. The molecule has 0 amide bonds. The van der Waals surface area contributed by atoms with Gasteiger partial charge in [-0.2, -0.15) is 0 Å². The van der Waals surface area contributed by atoms with Crippen molar-refractivity contribution >= 4 is 0 Å². The lowest BCUT2D eigenvalue weighted by Gasteiger charge is -2.31. The van der Waals surface area contributed by atoms with E-state index in [-0.39, 0.29) is 12.1 Å². The van der Waals surface area contributed by atoms with Crippen molar-refractivity contribution in [2.24, 2.45) is 0 Å². The Hall–Kier alpha value is -0.860. The standard InChI is InChI=1S/C15H23NO/c1-11-6-5-7-13(10-11)12(2)16-14-8-3-4-9-15(14)17/h5-7,10,12,14-17H,3-4,8-9H2,1-2H3/t12-,14+,15+/m1/s1. The molecule has 0 spiro atoms. The van der Waals surface area contributed by atoms with E-state index in [9.17, 15) is 5.11 Å². The zero-order valence-corrected chi connectivity index (χ0v) is 10.8. The van der Waals surface area contributed by atoms with E-state index in [1.54, 1.807) is 0 Å². The first-order chi connectivity index (χ1) is 8.16. The quantitative estimate of drug-likeness (QED) is 0.841. The third kappa shape index (κ3) is 3.30. The summed E-state index contributed by atoms with van der Waals surface area (Å²) in [6.45, 7) is 4.29. The van der Waals surface area contributed by atoms with Gasteiger partial charge in [-0.05, 0) is 32.3 Å². The number of nitrogens with one attached hydrogen (secondary N) is 1. The normalized spacial score (nSPS) is 26.8. The number of aryl methyl sites for hydroxylation is 1. The first-order valence-electron chi connectivity index (χ1n) is 6.67. The van der Waals surface area contributed by atoms with Gasteiger partial charge in [0, 0.05) is 12.1 Å². The third-order valence-electron chi connectivity index (χ3n) is 3.74. The Labute approximate surface area is 104 Å². The van der Waals surface area contributed by atoms with Gasteiger partial charge in [0.05, 0.1) is 6.10 Å². The van der Waals surface area contributed by atoms with Crippen LogP contribution in [0.2, 0.25) is 0 Å². The fraction of sp³-hybridized carbons (Fsp3) is 0.600. The highest BCUT2D eigenvalue weighted by Crippen LogP contribution is 2.22. The van der Waals surface area contributed by atoms with Crippen LogP contribution in [0.25, 0.3) is 0 Å². The molecule has 1 aromatic carbocycles. The van der Waals surface area contributed by atoms with Gasteiger partial charge in [0.1, 0.15) is 0 Å². The largest absolute Gasteiger partial charge is 0.392 e. The van der Waals surface area contributed by atoms with Gasteiger partial charge in [-0.25, -0.2) is 0 Å². The van der Waals surface area contributed by atoms with Crippen LogP contribution in [0.5, 0.6) is 0 Å². The van der Waals surface area contributed by atoms with E-state index in [1.165, 1.54) is 17.5 Å². The van der Waals surface area contributed by atoms with E-state index in [4.69, 9.17) is 0 Å². The molecule has 1 aromatic rings. The smallest absolute Gasteiger partial charge is 0.0693 e. The van der Waals surface area contributed by atoms with E-state index in [2.05, 4.69) is 43.4 Å². The summed E-state index contributed by atoms with van der Waals surface area (Å²) >= 11 is 0. The Kier molecular flexibility index (Phi) is 4.19. The molecule has 17 heavy (non-hydrogen) atoms. The summed E-state index contributed by atoms with van der Waals surface area (Å²) in [5.74, 6) is 0. The van der Waals surface area contributed by atoms with Crippen LogP contribution in [0.4, 0.5) is 0 Å². The molecule has 1 aliphatic carbocycles. The molecule has 2 rings (SSSR count). The van der Waals surface area contributed by atoms with Crippen LogP contribution < -0.4 is 5.32 Å². The van der Waals surface area contributed by atoms with Crippen LogP contribution in [-0.4, -0.2) is 17.3 Å². The predicted octanol–water partition coefficient (Wildman–Crippen LogP) is 2.95. The first-order valence-corrected chi connectivity index (χ1v) is 6.67. The molecule has 0 aliphatic heterocycles. The number of aliphatic hydroxyl groups is 1. The van der Waals surface area contributed by atoms with Gasteiger partial charge in [-0.15, -0.1) is 0 Å². The second kappa shape index (κ2) is 5.65. The predicted molar refractivity (Wildman–Crippen MR) is 71.0 cm³/mol. The molecule has 2 nitrogen and oxygen atoms in total. The number of aliphatic hydroxyl groups excluding tert-OH is 1. The lowest BCUT2D eigenvalue weighted by molar-refractivity contribution is 0.0860. The third-order valence-corrected chi connectivity index (χ3v) is 3.74. The number of rotatable bonds is 3. The Morgan fingerprint density at radius 3 is 2.76 bits per heavy atom. The highest BCUT2D eigenvalue weighted by atomic mass is 16.3. The summed E-state index contributed by atoms with van der Waals surface area (Å²) in [6, 6.07) is 9.16. The lowest BCUT2D eigenvalue weighted by atomic mass is 9.91. The van der Waals surface area contributed by atoms with E-state index < -0.39 is 0 Å². The van der Waals surface area contributed by atoms with Crippen molar-refractivity contribution in [2.75, 3.05) is 0 Å². The summed E-state index contributed by atoms with van der Waals surface area (Å²) in [5.41, 5.74) is 2.60. The van der Waals surface area contributed by atoms with Crippen LogP contribution in [0, 0.1) is 6.92 Å². The average molecular weight is 233 g/mol. The molecule has 1 fully saturated rings. The van der Waals surface area contributed by atoms with E-state index in [1.807, 2.05) is 0 Å². The average Bonchev–Trinajstić information content (AvgIpc) is 2.32. The topological polar surface area (TPSA) is 32.3 Å². The maximum absolute atomic E-state index is 9.96. The molecular weight excluding hydrogens is 210 g/mol. The highest BCUT2D eigenvalue weighted by Gasteiger charge is 2.24. The van der Waals surface area contributed by atoms with Crippen molar-refractivity contribution in [3.63, 3.8) is 0 Å². The SMILES string of the molecule is Cc1cccc([C@@H](C)N[C@H]2CCCC[C@@H]2O)c1. The van der Waals surface area contributed by atoms with E-state index in [0.717, 1.165) is 19.3 Å². The molecule has 94 valence electrons. The molecule has 1 aliphatic rings. The maximum atomic E-state index is 9.96. The fourth-order valence-electron chi connectivity index (χ4n) is 2.66. The minimum atomic E-state index is -0.170. The van der Waals surface area contributed by atoms with Crippen LogP contribution in [0.15, 0.2) is 24.3 Å². The Balaban J connectivity index is 1.98. The van der Waals surface area contributed by atoms with Crippen molar-refractivity contribution < 1.29 is 5.11 Å². The number of benzene rings is 1. The van der Waals surface area contributed by atoms with Crippen molar-refractivity contribution in [3.8, 4) is 0 Å². The summed E-state index contributed by atoms with van der Waals surface area (Å²) < 4.78 is 0. The van der Waals surface area contributed by atoms with Gasteiger partial charge in [-0.1, -0.05) is 42.7 Å². The maximum Gasteiger partial charge on any atom is 0.0693 e. The summed E-state index contributed by atoms with van der Waals surface area (Å²) in [5, 5.41) is 13.5. The lowest BCUT2D eigenvalue weighted by Crippen LogP contribution is -2.43. The van der Waals surface area contributed by atoms with Crippen LogP contribution in [-0.2, 0) is 0 Å². The molecule has 2 heteroatoms. The van der Waals surface area contributed by atoms with Crippen molar-refractivity contribution in [2.45, 2.75) is 57.7 Å². The summed E-state index contributed by atoms with van der Waals surface area (Å²) in [4.78, 5) is 0. The van der Waals surface area contributed by atoms with Crippen LogP contribution in [0.1, 0.15) is 49.8 Å².